The number of nitrogens with zero attached hydrogens (tertiary/aromatic N) is 1. The number of aliphatic hydroxyl groups excluding tert-OH is 1. The highest BCUT2D eigenvalue weighted by Crippen LogP contribution is 2.28. The summed E-state index contributed by atoms with van der Waals surface area (Å²) < 4.78 is 43.4. The van der Waals surface area contributed by atoms with Gasteiger partial charge < -0.3 is 24.2 Å². The van der Waals surface area contributed by atoms with Gasteiger partial charge in [-0.25, -0.2) is 8.78 Å². The van der Waals surface area contributed by atoms with E-state index in [-0.39, 0.29) is 18.2 Å². The van der Waals surface area contributed by atoms with Crippen molar-refractivity contribution in [1.82, 2.24) is 4.90 Å². The highest BCUT2D eigenvalue weighted by molar-refractivity contribution is 5.43. The van der Waals surface area contributed by atoms with E-state index in [4.69, 9.17) is 14.2 Å². The van der Waals surface area contributed by atoms with Crippen molar-refractivity contribution in [3.05, 3.63) is 95.1 Å². The van der Waals surface area contributed by atoms with Crippen LogP contribution in [0.2, 0.25) is 0 Å². The van der Waals surface area contributed by atoms with Crippen LogP contribution in [0.25, 0.3) is 0 Å². The first kappa shape index (κ1) is 25.6. The van der Waals surface area contributed by atoms with Gasteiger partial charge in [0.15, 0.2) is 11.5 Å². The summed E-state index contributed by atoms with van der Waals surface area (Å²) in [5, 5.41) is 10.6. The van der Waals surface area contributed by atoms with Crippen LogP contribution < -0.4 is 9.47 Å². The number of hydrogen-bond donors (Lipinski definition) is 1. The van der Waals surface area contributed by atoms with Crippen molar-refractivity contribution < 1.29 is 28.1 Å². The molecule has 34 heavy (non-hydrogen) atoms. The van der Waals surface area contributed by atoms with E-state index < -0.39 is 12.2 Å². The number of benzene rings is 3. The average molecular weight is 472 g/mol. The van der Waals surface area contributed by atoms with Crippen LogP contribution >= 0.6 is 0 Å². The van der Waals surface area contributed by atoms with Gasteiger partial charge in [0.1, 0.15) is 17.7 Å². The summed E-state index contributed by atoms with van der Waals surface area (Å²) in [6.45, 7) is 1.21. The van der Waals surface area contributed by atoms with Crippen molar-refractivity contribution in [2.45, 2.75) is 18.6 Å². The van der Waals surface area contributed by atoms with Crippen LogP contribution in [0, 0.1) is 11.6 Å². The van der Waals surface area contributed by atoms with E-state index in [1.807, 2.05) is 30.1 Å². The molecule has 7 heteroatoms. The van der Waals surface area contributed by atoms with Crippen LogP contribution in [-0.4, -0.2) is 57.1 Å². The van der Waals surface area contributed by atoms with Gasteiger partial charge in [0, 0.05) is 13.1 Å². The van der Waals surface area contributed by atoms with Crippen LogP contribution in [0.5, 0.6) is 11.5 Å². The first-order valence-corrected chi connectivity index (χ1v) is 11.1. The lowest BCUT2D eigenvalue weighted by Crippen LogP contribution is -2.34. The van der Waals surface area contributed by atoms with Crippen LogP contribution in [0.1, 0.15) is 22.8 Å². The number of methoxy groups -OCH3 is 2. The van der Waals surface area contributed by atoms with E-state index in [0.29, 0.717) is 18.0 Å². The summed E-state index contributed by atoms with van der Waals surface area (Å²) >= 11 is 0. The molecule has 3 aromatic carbocycles. The lowest BCUT2D eigenvalue weighted by Gasteiger charge is -2.24. The molecular weight excluding hydrogens is 440 g/mol. The summed E-state index contributed by atoms with van der Waals surface area (Å²) in [5.41, 5.74) is 2.55. The number of aliphatic hydroxyl groups is 1. The van der Waals surface area contributed by atoms with Crippen molar-refractivity contribution in [3.8, 4) is 11.5 Å². The Morgan fingerprint density at radius 2 is 1.38 bits per heavy atom. The highest BCUT2D eigenvalue weighted by Gasteiger charge is 2.18. The second-order valence-corrected chi connectivity index (χ2v) is 8.17. The Bertz CT molecular complexity index is 982. The third-order valence-electron chi connectivity index (χ3n) is 5.55. The molecule has 0 aliphatic rings. The Labute approximate surface area is 199 Å². The maximum absolute atomic E-state index is 13.4. The minimum absolute atomic E-state index is 0.0696. The van der Waals surface area contributed by atoms with Crippen molar-refractivity contribution in [2.24, 2.45) is 0 Å². The topological polar surface area (TPSA) is 51.2 Å². The lowest BCUT2D eigenvalue weighted by atomic mass is 10.0. The van der Waals surface area contributed by atoms with Crippen molar-refractivity contribution in [3.63, 3.8) is 0 Å². The molecule has 0 saturated heterocycles. The maximum atomic E-state index is 13.4. The second kappa shape index (κ2) is 12.5. The van der Waals surface area contributed by atoms with Gasteiger partial charge in [-0.2, -0.15) is 0 Å². The Morgan fingerprint density at radius 3 is 1.91 bits per heavy atom. The number of hydrogen-bond acceptors (Lipinski definition) is 5. The molecule has 0 aliphatic heterocycles. The van der Waals surface area contributed by atoms with Crippen LogP contribution in [0.3, 0.4) is 0 Å². The minimum atomic E-state index is -0.737. The van der Waals surface area contributed by atoms with Gasteiger partial charge >= 0.3 is 0 Å². The molecule has 1 atom stereocenters. The number of ether oxygens (including phenoxy) is 3. The molecule has 5 nitrogen and oxygen atoms in total. The van der Waals surface area contributed by atoms with E-state index in [1.165, 1.54) is 24.3 Å². The van der Waals surface area contributed by atoms with E-state index in [1.54, 1.807) is 38.5 Å². The fourth-order valence-corrected chi connectivity index (χ4v) is 3.73. The second-order valence-electron chi connectivity index (χ2n) is 8.17. The number of likely N-dealkylation sites (N-methyl/N-ethyl adjacent to an activating group) is 1. The van der Waals surface area contributed by atoms with Gasteiger partial charge in [-0.1, -0.05) is 30.3 Å². The molecule has 0 spiro atoms. The van der Waals surface area contributed by atoms with Crippen molar-refractivity contribution in [1.29, 1.82) is 0 Å². The van der Waals surface area contributed by atoms with E-state index in [0.717, 1.165) is 29.7 Å². The van der Waals surface area contributed by atoms with Gasteiger partial charge in [0.2, 0.25) is 0 Å². The van der Waals surface area contributed by atoms with Gasteiger partial charge in [0.05, 0.1) is 26.9 Å². The maximum Gasteiger partial charge on any atom is 0.160 e. The number of rotatable bonds is 12. The zero-order valence-electron chi connectivity index (χ0n) is 19.7. The fraction of sp³-hybridized carbons (Fsp3) is 0.333. The van der Waals surface area contributed by atoms with E-state index in [2.05, 4.69) is 0 Å². The molecule has 0 aromatic heterocycles. The minimum Gasteiger partial charge on any atom is -0.493 e. The summed E-state index contributed by atoms with van der Waals surface area (Å²) in [4.78, 5) is 2.02. The van der Waals surface area contributed by atoms with Crippen LogP contribution in [0.15, 0.2) is 66.7 Å². The molecule has 0 amide bonds. The van der Waals surface area contributed by atoms with Gasteiger partial charge in [-0.3, -0.25) is 0 Å². The molecule has 182 valence electrons. The van der Waals surface area contributed by atoms with Gasteiger partial charge in [0.25, 0.3) is 0 Å². The first-order valence-electron chi connectivity index (χ1n) is 11.1. The first-order chi connectivity index (χ1) is 16.4. The predicted octanol–water partition coefficient (Wildman–Crippen LogP) is 4.62. The zero-order chi connectivity index (χ0) is 24.5. The normalized spacial score (nSPS) is 12.2. The Balaban J connectivity index is 1.56. The Kier molecular flexibility index (Phi) is 9.39. The third-order valence-corrected chi connectivity index (χ3v) is 5.55. The molecule has 0 unspecified atom stereocenters. The molecule has 3 rings (SSSR count). The van der Waals surface area contributed by atoms with Gasteiger partial charge in [-0.05, 0) is 66.6 Å². The molecule has 0 aliphatic carbocycles. The highest BCUT2D eigenvalue weighted by atomic mass is 19.1. The van der Waals surface area contributed by atoms with Crippen LogP contribution in [-0.2, 0) is 11.2 Å². The van der Waals surface area contributed by atoms with Crippen molar-refractivity contribution in [2.75, 3.05) is 41.0 Å². The lowest BCUT2D eigenvalue weighted by molar-refractivity contribution is -0.00536. The monoisotopic (exact) mass is 471 g/mol. The quantitative estimate of drug-likeness (QED) is 0.418. The molecule has 0 saturated carbocycles. The average Bonchev–Trinajstić information content (AvgIpc) is 2.84. The fourth-order valence-electron chi connectivity index (χ4n) is 3.73. The predicted molar refractivity (Wildman–Crippen MR) is 127 cm³/mol. The number of halogens is 2. The molecule has 1 N–H and O–H groups in total. The molecule has 0 bridgehead atoms. The van der Waals surface area contributed by atoms with Crippen molar-refractivity contribution >= 4 is 0 Å². The van der Waals surface area contributed by atoms with Crippen LogP contribution in [0.4, 0.5) is 8.78 Å². The molecule has 3 aromatic rings. The zero-order valence-corrected chi connectivity index (χ0v) is 19.7. The standard InChI is InChI=1S/C27H31F2NO4/c1-30(15-14-19-4-13-25(32-2)26(16-19)33-3)17-24(31)18-34-27(20-5-9-22(28)10-6-20)21-7-11-23(29)12-8-21/h4-13,16,24,27,31H,14-15,17-18H2,1-3H3/t24-/m0/s1. The molecular formula is C27H31F2NO4. The Morgan fingerprint density at radius 1 is 0.824 bits per heavy atom. The molecule has 0 heterocycles. The van der Waals surface area contributed by atoms with E-state index >= 15 is 0 Å². The SMILES string of the molecule is COc1ccc(CCN(C)C[C@H](O)COC(c2ccc(F)cc2)c2ccc(F)cc2)cc1OC. The summed E-state index contributed by atoms with van der Waals surface area (Å²) in [7, 11) is 5.14. The third kappa shape index (κ3) is 7.25. The van der Waals surface area contributed by atoms with Gasteiger partial charge in [-0.15, -0.1) is 0 Å². The Hall–Kier alpha value is -3.00. The van der Waals surface area contributed by atoms with E-state index in [9.17, 15) is 13.9 Å². The summed E-state index contributed by atoms with van der Waals surface area (Å²) in [5.74, 6) is 0.670. The largest absolute Gasteiger partial charge is 0.493 e. The molecule has 0 fully saturated rings. The summed E-state index contributed by atoms with van der Waals surface area (Å²) in [6, 6.07) is 17.8. The summed E-state index contributed by atoms with van der Waals surface area (Å²) in [6.07, 6.45) is -0.509. The smallest absolute Gasteiger partial charge is 0.160 e. The molecule has 0 radical (unpaired) electrons.